The van der Waals surface area contributed by atoms with Crippen LogP contribution in [0.3, 0.4) is 0 Å². The van der Waals surface area contributed by atoms with Crippen molar-refractivity contribution < 1.29 is 14.3 Å². The van der Waals surface area contributed by atoms with Crippen molar-refractivity contribution in [2.45, 2.75) is 57.8 Å². The number of methoxy groups -OCH3 is 1. The van der Waals surface area contributed by atoms with Gasteiger partial charge in [0.2, 0.25) is 11.8 Å². The van der Waals surface area contributed by atoms with Crippen LogP contribution in [0.1, 0.15) is 34.1 Å². The molecule has 3 atom stereocenters. The van der Waals surface area contributed by atoms with Gasteiger partial charge in [-0.25, -0.2) is 0 Å². The normalized spacial score (nSPS) is 24.9. The van der Waals surface area contributed by atoms with Gasteiger partial charge in [-0.15, -0.1) is 0 Å². The Morgan fingerprint density at radius 2 is 2.00 bits per heavy atom. The Labute approximate surface area is 114 Å². The largest absolute Gasteiger partial charge is 0.380 e. The quantitative estimate of drug-likeness (QED) is 0.660. The van der Waals surface area contributed by atoms with Crippen LogP contribution in [0, 0.1) is 0 Å². The predicted molar refractivity (Wildman–Crippen MR) is 72.7 cm³/mol. The topological polar surface area (TPSA) is 79.5 Å². The van der Waals surface area contributed by atoms with E-state index in [1.807, 2.05) is 20.8 Å². The molecular weight excluding hydrogens is 246 g/mol. The van der Waals surface area contributed by atoms with Gasteiger partial charge in [-0.05, 0) is 34.1 Å². The summed E-state index contributed by atoms with van der Waals surface area (Å²) in [5.41, 5.74) is -0.303. The molecule has 1 heterocycles. The molecular formula is C13H25N3O3. The number of hydrogen-bond donors (Lipinski definition) is 3. The van der Waals surface area contributed by atoms with Gasteiger partial charge in [0, 0.05) is 19.2 Å². The molecule has 110 valence electrons. The van der Waals surface area contributed by atoms with Gasteiger partial charge in [0.05, 0.1) is 12.1 Å². The van der Waals surface area contributed by atoms with Crippen molar-refractivity contribution in [2.24, 2.45) is 0 Å². The summed E-state index contributed by atoms with van der Waals surface area (Å²) >= 11 is 0. The minimum Gasteiger partial charge on any atom is -0.380 e. The summed E-state index contributed by atoms with van der Waals surface area (Å²) in [6.07, 6.45) is 0.699. The Balaban J connectivity index is 2.42. The molecule has 3 N–H and O–H groups in total. The third kappa shape index (κ3) is 5.16. The van der Waals surface area contributed by atoms with Crippen molar-refractivity contribution in [3.8, 4) is 0 Å². The van der Waals surface area contributed by atoms with Crippen molar-refractivity contribution >= 4 is 11.8 Å². The molecule has 0 bridgehead atoms. The van der Waals surface area contributed by atoms with Crippen LogP contribution in [0.5, 0.6) is 0 Å². The van der Waals surface area contributed by atoms with Gasteiger partial charge >= 0.3 is 0 Å². The maximum atomic E-state index is 12.0. The number of carbonyl (C=O) groups excluding carboxylic acids is 2. The van der Waals surface area contributed by atoms with Gasteiger partial charge in [0.15, 0.2) is 0 Å². The molecule has 1 fully saturated rings. The maximum absolute atomic E-state index is 12.0. The van der Waals surface area contributed by atoms with Gasteiger partial charge in [-0.1, -0.05) is 0 Å². The van der Waals surface area contributed by atoms with Crippen LogP contribution in [0.15, 0.2) is 0 Å². The van der Waals surface area contributed by atoms with Gasteiger partial charge in [0.25, 0.3) is 0 Å². The van der Waals surface area contributed by atoms with Crippen molar-refractivity contribution in [2.75, 3.05) is 13.7 Å². The number of nitrogens with one attached hydrogen (secondary N) is 3. The van der Waals surface area contributed by atoms with Crippen molar-refractivity contribution in [1.82, 2.24) is 16.0 Å². The number of ether oxygens (including phenoxy) is 1. The highest BCUT2D eigenvalue weighted by atomic mass is 16.5. The van der Waals surface area contributed by atoms with E-state index in [4.69, 9.17) is 4.74 Å². The third-order valence-electron chi connectivity index (χ3n) is 2.99. The summed E-state index contributed by atoms with van der Waals surface area (Å²) in [6.45, 7) is 8.06. The highest BCUT2D eigenvalue weighted by Gasteiger charge is 2.31. The second-order valence-corrected chi connectivity index (χ2v) is 6.02. The fourth-order valence-corrected chi connectivity index (χ4v) is 1.94. The van der Waals surface area contributed by atoms with Crippen LogP contribution < -0.4 is 16.0 Å². The van der Waals surface area contributed by atoms with Gasteiger partial charge in [0.1, 0.15) is 6.04 Å². The molecule has 1 rings (SSSR count). The molecule has 19 heavy (non-hydrogen) atoms. The third-order valence-corrected chi connectivity index (χ3v) is 2.99. The summed E-state index contributed by atoms with van der Waals surface area (Å²) in [5, 5.41) is 8.64. The van der Waals surface area contributed by atoms with Crippen molar-refractivity contribution in [3.63, 3.8) is 0 Å². The molecule has 6 heteroatoms. The van der Waals surface area contributed by atoms with E-state index in [0.29, 0.717) is 13.0 Å². The van der Waals surface area contributed by atoms with Crippen LogP contribution in [-0.4, -0.2) is 49.2 Å². The molecule has 0 aromatic rings. The van der Waals surface area contributed by atoms with Crippen LogP contribution in [0.2, 0.25) is 0 Å². The Bertz CT molecular complexity index is 339. The lowest BCUT2D eigenvalue weighted by molar-refractivity contribution is -0.130. The first-order chi connectivity index (χ1) is 8.73. The number of carbonyl (C=O) groups is 2. The molecule has 0 aromatic heterocycles. The lowest BCUT2D eigenvalue weighted by Gasteiger charge is -2.24. The lowest BCUT2D eigenvalue weighted by Crippen LogP contribution is -2.53. The fourth-order valence-electron chi connectivity index (χ4n) is 1.94. The fraction of sp³-hybridized carbons (Fsp3) is 0.846. The average molecular weight is 271 g/mol. The van der Waals surface area contributed by atoms with E-state index in [9.17, 15) is 9.59 Å². The molecule has 0 radical (unpaired) electrons. The molecule has 0 spiro atoms. The standard InChI is InChI=1S/C13H25N3O3/c1-8(11(17)16-13(2,3)4)15-12(18)10-6-9(19-5)7-14-10/h8-10,14H,6-7H2,1-5H3,(H,15,18)(H,16,17). The van der Waals surface area contributed by atoms with E-state index in [-0.39, 0.29) is 29.5 Å². The summed E-state index contributed by atoms with van der Waals surface area (Å²) < 4.78 is 5.19. The molecule has 6 nitrogen and oxygen atoms in total. The molecule has 1 aliphatic heterocycles. The molecule has 0 aliphatic carbocycles. The van der Waals surface area contributed by atoms with Crippen molar-refractivity contribution in [3.05, 3.63) is 0 Å². The van der Waals surface area contributed by atoms with Gasteiger partial charge in [-0.3, -0.25) is 9.59 Å². The SMILES string of the molecule is COC1CNC(C(=O)NC(C)C(=O)NC(C)(C)C)C1. The van der Waals surface area contributed by atoms with Crippen LogP contribution in [0.4, 0.5) is 0 Å². The van der Waals surface area contributed by atoms with Crippen LogP contribution in [-0.2, 0) is 14.3 Å². The Morgan fingerprint density at radius 3 is 2.47 bits per heavy atom. The summed E-state index contributed by atoms with van der Waals surface area (Å²) in [4.78, 5) is 23.8. The van der Waals surface area contributed by atoms with Gasteiger partial charge in [-0.2, -0.15) is 0 Å². The molecule has 3 unspecified atom stereocenters. The zero-order valence-corrected chi connectivity index (χ0v) is 12.4. The molecule has 1 aliphatic rings. The van der Waals surface area contributed by atoms with E-state index in [1.54, 1.807) is 14.0 Å². The highest BCUT2D eigenvalue weighted by Crippen LogP contribution is 2.09. The Hall–Kier alpha value is -1.14. The average Bonchev–Trinajstić information content (AvgIpc) is 2.75. The first kappa shape index (κ1) is 15.9. The van der Waals surface area contributed by atoms with Crippen molar-refractivity contribution in [1.29, 1.82) is 0 Å². The summed E-state index contributed by atoms with van der Waals surface area (Å²) in [7, 11) is 1.63. The second kappa shape index (κ2) is 6.34. The summed E-state index contributed by atoms with van der Waals surface area (Å²) in [6, 6.07) is -0.829. The Kier molecular flexibility index (Phi) is 5.31. The predicted octanol–water partition coefficient (Wildman–Crippen LogP) is -0.217. The van der Waals surface area contributed by atoms with E-state index >= 15 is 0 Å². The smallest absolute Gasteiger partial charge is 0.242 e. The number of rotatable bonds is 4. The monoisotopic (exact) mass is 271 g/mol. The molecule has 2 amide bonds. The molecule has 0 aromatic carbocycles. The lowest BCUT2D eigenvalue weighted by atomic mass is 10.1. The number of amides is 2. The zero-order valence-electron chi connectivity index (χ0n) is 12.4. The zero-order chi connectivity index (χ0) is 14.6. The molecule has 0 saturated carbocycles. The second-order valence-electron chi connectivity index (χ2n) is 6.02. The van der Waals surface area contributed by atoms with E-state index < -0.39 is 6.04 Å². The minimum atomic E-state index is -0.546. The van der Waals surface area contributed by atoms with E-state index in [1.165, 1.54) is 0 Å². The minimum absolute atomic E-state index is 0.0643. The van der Waals surface area contributed by atoms with Crippen LogP contribution in [0.25, 0.3) is 0 Å². The first-order valence-electron chi connectivity index (χ1n) is 6.61. The molecule has 1 saturated heterocycles. The Morgan fingerprint density at radius 1 is 1.37 bits per heavy atom. The number of hydrogen-bond acceptors (Lipinski definition) is 4. The first-order valence-corrected chi connectivity index (χ1v) is 6.61. The maximum Gasteiger partial charge on any atom is 0.242 e. The van der Waals surface area contributed by atoms with E-state index in [2.05, 4.69) is 16.0 Å². The van der Waals surface area contributed by atoms with Crippen LogP contribution >= 0.6 is 0 Å². The highest BCUT2D eigenvalue weighted by molar-refractivity contribution is 5.89. The van der Waals surface area contributed by atoms with Gasteiger partial charge < -0.3 is 20.7 Å². The van der Waals surface area contributed by atoms with E-state index in [0.717, 1.165) is 0 Å². The summed E-state index contributed by atoms with van der Waals surface area (Å²) in [5.74, 6) is -0.335.